The van der Waals surface area contributed by atoms with Gasteiger partial charge in [-0.25, -0.2) is 0 Å². The average Bonchev–Trinajstić information content (AvgIpc) is 2.67. The van der Waals surface area contributed by atoms with E-state index in [1.807, 2.05) is 30.3 Å². The second-order valence-corrected chi connectivity index (χ2v) is 6.26. The number of rotatable bonds is 10. The van der Waals surface area contributed by atoms with Crippen molar-refractivity contribution in [3.05, 3.63) is 64.1 Å². The minimum absolute atomic E-state index is 0.0705. The van der Waals surface area contributed by atoms with Gasteiger partial charge in [0.05, 0.1) is 16.7 Å². The van der Waals surface area contributed by atoms with Crippen LogP contribution in [0, 0.1) is 0 Å². The van der Waals surface area contributed by atoms with E-state index in [0.717, 1.165) is 5.75 Å². The predicted molar refractivity (Wildman–Crippen MR) is 105 cm³/mol. The molecule has 0 aromatic heterocycles. The fourth-order valence-corrected chi connectivity index (χ4v) is 2.37. The first-order valence-electron chi connectivity index (χ1n) is 8.32. The van der Waals surface area contributed by atoms with Crippen molar-refractivity contribution in [2.75, 3.05) is 32.9 Å². The lowest BCUT2D eigenvalue weighted by atomic mass is 10.2. The Balaban J connectivity index is 1.52. The Kier molecular flexibility index (Phi) is 8.91. The first-order chi connectivity index (χ1) is 13.1. The number of halogens is 2. The van der Waals surface area contributed by atoms with Crippen LogP contribution in [0.25, 0.3) is 0 Å². The van der Waals surface area contributed by atoms with Gasteiger partial charge in [0.2, 0.25) is 5.91 Å². The molecule has 0 atom stereocenters. The summed E-state index contributed by atoms with van der Waals surface area (Å²) < 4.78 is 10.7. The molecule has 2 aromatic rings. The van der Waals surface area contributed by atoms with E-state index in [4.69, 9.17) is 32.7 Å². The number of nitrogens with one attached hydrogen (secondary N) is 2. The molecule has 6 nitrogen and oxygen atoms in total. The molecule has 8 heteroatoms. The maximum absolute atomic E-state index is 11.9. The number of carbonyl (C=O) groups excluding carboxylic acids is 2. The van der Waals surface area contributed by atoms with Gasteiger partial charge in [-0.15, -0.1) is 0 Å². The smallest absolute Gasteiger partial charge is 0.251 e. The Bertz CT molecular complexity index is 757. The molecule has 0 aliphatic carbocycles. The van der Waals surface area contributed by atoms with E-state index in [1.54, 1.807) is 12.1 Å². The van der Waals surface area contributed by atoms with Crippen LogP contribution in [0.2, 0.25) is 10.0 Å². The average molecular weight is 411 g/mol. The molecule has 0 spiro atoms. The van der Waals surface area contributed by atoms with Crippen LogP contribution in [-0.2, 0) is 9.53 Å². The van der Waals surface area contributed by atoms with Crippen molar-refractivity contribution in [1.29, 1.82) is 0 Å². The first kappa shape index (κ1) is 21.0. The van der Waals surface area contributed by atoms with E-state index < -0.39 is 0 Å². The standard InChI is InChI=1S/C19H20Cl2N2O4/c20-16-7-6-14(12-17(16)21)19(25)23-9-8-22-18(24)13-26-10-11-27-15-4-2-1-3-5-15/h1-7,12H,8-11,13H2,(H,22,24)(H,23,25). The van der Waals surface area contributed by atoms with Gasteiger partial charge in [0.1, 0.15) is 19.0 Å². The summed E-state index contributed by atoms with van der Waals surface area (Å²) in [4.78, 5) is 23.6. The number of benzene rings is 2. The van der Waals surface area contributed by atoms with Gasteiger partial charge in [-0.3, -0.25) is 9.59 Å². The second-order valence-electron chi connectivity index (χ2n) is 5.45. The number of ether oxygens (including phenoxy) is 2. The van der Waals surface area contributed by atoms with E-state index in [0.29, 0.717) is 28.8 Å². The molecule has 0 bridgehead atoms. The van der Waals surface area contributed by atoms with Crippen molar-refractivity contribution in [3.63, 3.8) is 0 Å². The number of carbonyl (C=O) groups is 2. The van der Waals surface area contributed by atoms with Crippen LogP contribution in [0.3, 0.4) is 0 Å². The van der Waals surface area contributed by atoms with Crippen LogP contribution < -0.4 is 15.4 Å². The van der Waals surface area contributed by atoms with Gasteiger partial charge in [-0.1, -0.05) is 41.4 Å². The maximum atomic E-state index is 11.9. The Labute approximate surface area is 167 Å². The number of amides is 2. The molecule has 0 unspecified atom stereocenters. The van der Waals surface area contributed by atoms with Crippen molar-refractivity contribution in [1.82, 2.24) is 10.6 Å². The Morgan fingerprint density at radius 1 is 0.889 bits per heavy atom. The summed E-state index contributed by atoms with van der Waals surface area (Å²) in [7, 11) is 0. The first-order valence-corrected chi connectivity index (χ1v) is 9.07. The lowest BCUT2D eigenvalue weighted by molar-refractivity contribution is -0.125. The minimum atomic E-state index is -0.294. The molecule has 0 aliphatic heterocycles. The quantitative estimate of drug-likeness (QED) is 0.590. The fourth-order valence-electron chi connectivity index (χ4n) is 2.07. The third-order valence-electron chi connectivity index (χ3n) is 3.39. The van der Waals surface area contributed by atoms with Gasteiger partial charge < -0.3 is 20.1 Å². The maximum Gasteiger partial charge on any atom is 0.251 e. The highest BCUT2D eigenvalue weighted by atomic mass is 35.5. The van der Waals surface area contributed by atoms with E-state index in [2.05, 4.69) is 10.6 Å². The molecule has 2 aromatic carbocycles. The highest BCUT2D eigenvalue weighted by Gasteiger charge is 2.08. The molecule has 144 valence electrons. The van der Waals surface area contributed by atoms with Crippen molar-refractivity contribution in [3.8, 4) is 5.75 Å². The summed E-state index contributed by atoms with van der Waals surface area (Å²) in [6.45, 7) is 1.16. The van der Waals surface area contributed by atoms with Gasteiger partial charge in [0.15, 0.2) is 0 Å². The number of para-hydroxylation sites is 1. The third-order valence-corrected chi connectivity index (χ3v) is 4.13. The van der Waals surface area contributed by atoms with Gasteiger partial charge in [-0.2, -0.15) is 0 Å². The normalized spacial score (nSPS) is 10.3. The second kappa shape index (κ2) is 11.4. The molecular weight excluding hydrogens is 391 g/mol. The zero-order valence-electron chi connectivity index (χ0n) is 14.5. The highest BCUT2D eigenvalue weighted by molar-refractivity contribution is 6.42. The van der Waals surface area contributed by atoms with Crippen molar-refractivity contribution < 1.29 is 19.1 Å². The molecule has 27 heavy (non-hydrogen) atoms. The zero-order chi connectivity index (χ0) is 19.5. The molecule has 0 heterocycles. The Morgan fingerprint density at radius 2 is 1.63 bits per heavy atom. The molecule has 0 radical (unpaired) electrons. The number of hydrogen-bond donors (Lipinski definition) is 2. The molecule has 2 amide bonds. The van der Waals surface area contributed by atoms with Crippen molar-refractivity contribution >= 4 is 35.0 Å². The Morgan fingerprint density at radius 3 is 2.37 bits per heavy atom. The van der Waals surface area contributed by atoms with Crippen molar-refractivity contribution in [2.45, 2.75) is 0 Å². The van der Waals surface area contributed by atoms with Crippen LogP contribution in [-0.4, -0.2) is 44.7 Å². The molecule has 0 saturated heterocycles. The molecular formula is C19H20Cl2N2O4. The highest BCUT2D eigenvalue weighted by Crippen LogP contribution is 2.22. The molecule has 2 rings (SSSR count). The summed E-state index contributed by atoms with van der Waals surface area (Å²) in [5.41, 5.74) is 0.400. The molecule has 2 N–H and O–H groups in total. The minimum Gasteiger partial charge on any atom is -0.491 e. The van der Waals surface area contributed by atoms with Crippen LogP contribution in [0.1, 0.15) is 10.4 Å². The third kappa shape index (κ3) is 7.86. The summed E-state index contributed by atoms with van der Waals surface area (Å²) in [5, 5.41) is 6.03. The van der Waals surface area contributed by atoms with Gasteiger partial charge in [0.25, 0.3) is 5.91 Å². The van der Waals surface area contributed by atoms with E-state index in [-0.39, 0.29) is 31.5 Å². The van der Waals surface area contributed by atoms with Crippen molar-refractivity contribution in [2.24, 2.45) is 0 Å². The summed E-state index contributed by atoms with van der Waals surface area (Å²) in [5.74, 6) is 0.193. The van der Waals surface area contributed by atoms with E-state index >= 15 is 0 Å². The van der Waals surface area contributed by atoms with Gasteiger partial charge in [0, 0.05) is 18.7 Å². The van der Waals surface area contributed by atoms with Crippen LogP contribution in [0.5, 0.6) is 5.75 Å². The monoisotopic (exact) mass is 410 g/mol. The van der Waals surface area contributed by atoms with Crippen LogP contribution in [0.4, 0.5) is 0 Å². The predicted octanol–water partition coefficient (Wildman–Crippen LogP) is 2.94. The molecule has 0 fully saturated rings. The fraction of sp³-hybridized carbons (Fsp3) is 0.263. The number of hydrogen-bond acceptors (Lipinski definition) is 4. The Hall–Kier alpha value is -2.28. The lowest BCUT2D eigenvalue weighted by Gasteiger charge is -2.09. The van der Waals surface area contributed by atoms with E-state index in [9.17, 15) is 9.59 Å². The summed E-state index contributed by atoms with van der Waals surface area (Å²) in [6.07, 6.45) is 0. The molecule has 0 saturated carbocycles. The van der Waals surface area contributed by atoms with Gasteiger partial charge >= 0.3 is 0 Å². The van der Waals surface area contributed by atoms with E-state index in [1.165, 1.54) is 6.07 Å². The van der Waals surface area contributed by atoms with Crippen LogP contribution in [0.15, 0.2) is 48.5 Å². The summed E-state index contributed by atoms with van der Waals surface area (Å²) in [6, 6.07) is 14.0. The topological polar surface area (TPSA) is 76.7 Å². The van der Waals surface area contributed by atoms with Crippen LogP contribution >= 0.6 is 23.2 Å². The summed E-state index contributed by atoms with van der Waals surface area (Å²) >= 11 is 11.7. The molecule has 0 aliphatic rings. The van der Waals surface area contributed by atoms with Gasteiger partial charge in [-0.05, 0) is 30.3 Å². The SMILES string of the molecule is O=C(COCCOc1ccccc1)NCCNC(=O)c1ccc(Cl)c(Cl)c1. The lowest BCUT2D eigenvalue weighted by Crippen LogP contribution is -2.36. The zero-order valence-corrected chi connectivity index (χ0v) is 16.1. The largest absolute Gasteiger partial charge is 0.491 e.